The van der Waals surface area contributed by atoms with Crippen molar-refractivity contribution in [2.75, 3.05) is 0 Å². The molecule has 0 aliphatic carbocycles. The Balaban J connectivity index is 2.94. The van der Waals surface area contributed by atoms with Gasteiger partial charge in [-0.2, -0.15) is 5.10 Å². The molecule has 3 nitrogen and oxygen atoms in total. The number of aryl methyl sites for hydroxylation is 1. The normalized spacial score (nSPS) is 12.5. The molecule has 3 heteroatoms. The lowest BCUT2D eigenvalue weighted by Crippen LogP contribution is -2.16. The van der Waals surface area contributed by atoms with Crippen LogP contribution in [0.15, 0.2) is 6.07 Å². The zero-order valence-corrected chi connectivity index (χ0v) is 9.70. The van der Waals surface area contributed by atoms with Crippen molar-refractivity contribution >= 4 is 0 Å². The molecule has 0 aliphatic rings. The van der Waals surface area contributed by atoms with Gasteiger partial charge < -0.3 is 5.11 Å². The van der Waals surface area contributed by atoms with Crippen molar-refractivity contribution in [1.82, 2.24) is 9.78 Å². The van der Waals surface area contributed by atoms with Gasteiger partial charge in [0.2, 0.25) is 0 Å². The molecule has 0 aromatic carbocycles. The van der Waals surface area contributed by atoms with Crippen LogP contribution in [-0.4, -0.2) is 14.9 Å². The van der Waals surface area contributed by atoms with E-state index in [1.165, 1.54) is 5.69 Å². The quantitative estimate of drug-likeness (QED) is 0.801. The summed E-state index contributed by atoms with van der Waals surface area (Å²) in [6, 6.07) is 1.99. The lowest BCUT2D eigenvalue weighted by molar-refractivity contribution is 0.0732. The molecule has 1 N–H and O–H groups in total. The van der Waals surface area contributed by atoms with Crippen molar-refractivity contribution in [3.63, 3.8) is 0 Å². The van der Waals surface area contributed by atoms with E-state index in [4.69, 9.17) is 0 Å². The Morgan fingerprint density at radius 3 is 2.43 bits per heavy atom. The molecule has 0 bridgehead atoms. The largest absolute Gasteiger partial charge is 0.384 e. The molecule has 1 heterocycles. The van der Waals surface area contributed by atoms with E-state index in [1.807, 2.05) is 17.8 Å². The molecule has 0 saturated carbocycles. The van der Waals surface area contributed by atoms with Gasteiger partial charge >= 0.3 is 0 Å². The average molecular weight is 196 g/mol. The molecule has 0 amide bonds. The predicted octanol–water partition coefficient (Wildman–Crippen LogP) is 1.85. The summed E-state index contributed by atoms with van der Waals surface area (Å²) in [7, 11) is 1.92. The summed E-state index contributed by atoms with van der Waals surface area (Å²) in [6.07, 6.45) is 1.000. The molecule has 1 aromatic heterocycles. The van der Waals surface area contributed by atoms with Gasteiger partial charge in [-0.05, 0) is 32.3 Å². The van der Waals surface area contributed by atoms with Gasteiger partial charge in [-0.15, -0.1) is 0 Å². The lowest BCUT2D eigenvalue weighted by atomic mass is 10.0. The van der Waals surface area contributed by atoms with Gasteiger partial charge in [-0.1, -0.05) is 13.8 Å². The first-order chi connectivity index (χ1) is 6.30. The number of hydrogen-bond acceptors (Lipinski definition) is 2. The highest BCUT2D eigenvalue weighted by Crippen LogP contribution is 2.20. The Kier molecular flexibility index (Phi) is 3.00. The highest BCUT2D eigenvalue weighted by molar-refractivity contribution is 5.15. The molecule has 0 saturated heterocycles. The minimum atomic E-state index is -0.840. The van der Waals surface area contributed by atoms with Gasteiger partial charge in [-0.3, -0.25) is 4.68 Å². The topological polar surface area (TPSA) is 38.1 Å². The monoisotopic (exact) mass is 196 g/mol. The minimum Gasteiger partial charge on any atom is -0.384 e. The van der Waals surface area contributed by atoms with Crippen molar-refractivity contribution in [2.45, 2.75) is 39.7 Å². The standard InChI is InChI=1S/C11H20N2O/c1-8(2)6-9-7-10(11(3,4)14)12-13(9)5/h7-8,14H,6H2,1-5H3. The maximum Gasteiger partial charge on any atom is 0.103 e. The summed E-state index contributed by atoms with van der Waals surface area (Å²) in [5.41, 5.74) is 1.08. The Bertz CT molecular complexity index is 308. The summed E-state index contributed by atoms with van der Waals surface area (Å²) < 4.78 is 1.85. The van der Waals surface area contributed by atoms with Crippen LogP contribution in [0.1, 0.15) is 39.1 Å². The fourth-order valence-corrected chi connectivity index (χ4v) is 1.41. The SMILES string of the molecule is CC(C)Cc1cc(C(C)(C)O)nn1C. The lowest BCUT2D eigenvalue weighted by Gasteiger charge is -2.12. The third kappa shape index (κ3) is 2.58. The van der Waals surface area contributed by atoms with E-state index in [0.29, 0.717) is 5.92 Å². The van der Waals surface area contributed by atoms with Gasteiger partial charge in [0.1, 0.15) is 5.60 Å². The van der Waals surface area contributed by atoms with Crippen LogP contribution in [0.4, 0.5) is 0 Å². The van der Waals surface area contributed by atoms with Crippen molar-refractivity contribution in [3.05, 3.63) is 17.5 Å². The Labute approximate surface area is 85.8 Å². The smallest absolute Gasteiger partial charge is 0.103 e. The van der Waals surface area contributed by atoms with Crippen LogP contribution in [0.3, 0.4) is 0 Å². The number of aliphatic hydroxyl groups is 1. The number of nitrogens with zero attached hydrogens (tertiary/aromatic N) is 2. The van der Waals surface area contributed by atoms with E-state index in [9.17, 15) is 5.11 Å². The van der Waals surface area contributed by atoms with Crippen LogP contribution in [0.2, 0.25) is 0 Å². The molecular weight excluding hydrogens is 176 g/mol. The van der Waals surface area contributed by atoms with Crippen LogP contribution in [0.25, 0.3) is 0 Å². The third-order valence-corrected chi connectivity index (χ3v) is 2.22. The van der Waals surface area contributed by atoms with E-state index in [-0.39, 0.29) is 0 Å². The van der Waals surface area contributed by atoms with Gasteiger partial charge in [0, 0.05) is 12.7 Å². The predicted molar refractivity (Wildman–Crippen MR) is 57.0 cm³/mol. The first kappa shape index (κ1) is 11.2. The Morgan fingerprint density at radius 1 is 1.50 bits per heavy atom. The fourth-order valence-electron chi connectivity index (χ4n) is 1.41. The molecular formula is C11H20N2O. The van der Waals surface area contributed by atoms with Crippen molar-refractivity contribution in [1.29, 1.82) is 0 Å². The summed E-state index contributed by atoms with van der Waals surface area (Å²) >= 11 is 0. The van der Waals surface area contributed by atoms with Crippen LogP contribution in [0, 0.1) is 5.92 Å². The number of rotatable bonds is 3. The highest BCUT2D eigenvalue weighted by Gasteiger charge is 2.20. The van der Waals surface area contributed by atoms with Gasteiger partial charge in [0.15, 0.2) is 0 Å². The fraction of sp³-hybridized carbons (Fsp3) is 0.727. The summed E-state index contributed by atoms with van der Waals surface area (Å²) in [6.45, 7) is 7.87. The first-order valence-corrected chi connectivity index (χ1v) is 5.06. The minimum absolute atomic E-state index is 0.611. The molecule has 0 unspecified atom stereocenters. The molecule has 14 heavy (non-hydrogen) atoms. The highest BCUT2D eigenvalue weighted by atomic mass is 16.3. The second kappa shape index (κ2) is 3.73. The van der Waals surface area contributed by atoms with E-state index in [1.54, 1.807) is 13.8 Å². The van der Waals surface area contributed by atoms with Crippen molar-refractivity contribution < 1.29 is 5.11 Å². The number of aromatic nitrogens is 2. The zero-order valence-electron chi connectivity index (χ0n) is 9.70. The van der Waals surface area contributed by atoms with Gasteiger partial charge in [0.25, 0.3) is 0 Å². The number of hydrogen-bond donors (Lipinski definition) is 1. The second-order valence-corrected chi connectivity index (χ2v) is 4.80. The first-order valence-electron chi connectivity index (χ1n) is 5.06. The van der Waals surface area contributed by atoms with Crippen LogP contribution >= 0.6 is 0 Å². The molecule has 80 valence electrons. The van der Waals surface area contributed by atoms with Gasteiger partial charge in [0.05, 0.1) is 5.69 Å². The third-order valence-electron chi connectivity index (χ3n) is 2.22. The summed E-state index contributed by atoms with van der Waals surface area (Å²) in [4.78, 5) is 0. The van der Waals surface area contributed by atoms with Crippen LogP contribution in [-0.2, 0) is 19.1 Å². The second-order valence-electron chi connectivity index (χ2n) is 4.80. The zero-order chi connectivity index (χ0) is 10.9. The summed E-state index contributed by atoms with van der Waals surface area (Å²) in [5.74, 6) is 0.611. The summed E-state index contributed by atoms with van der Waals surface area (Å²) in [5, 5.41) is 14.1. The van der Waals surface area contributed by atoms with E-state index in [2.05, 4.69) is 18.9 Å². The average Bonchev–Trinajstić information content (AvgIpc) is 2.30. The van der Waals surface area contributed by atoms with Crippen molar-refractivity contribution in [3.8, 4) is 0 Å². The molecule has 0 aliphatic heterocycles. The van der Waals surface area contributed by atoms with Crippen molar-refractivity contribution in [2.24, 2.45) is 13.0 Å². The van der Waals surface area contributed by atoms with Crippen LogP contribution < -0.4 is 0 Å². The van der Waals surface area contributed by atoms with E-state index < -0.39 is 5.60 Å². The molecule has 1 rings (SSSR count). The maximum absolute atomic E-state index is 9.79. The molecule has 0 fully saturated rings. The molecule has 0 spiro atoms. The maximum atomic E-state index is 9.79. The van der Waals surface area contributed by atoms with Gasteiger partial charge in [-0.25, -0.2) is 0 Å². The molecule has 0 radical (unpaired) electrons. The molecule has 0 atom stereocenters. The Morgan fingerprint density at radius 2 is 2.07 bits per heavy atom. The van der Waals surface area contributed by atoms with E-state index >= 15 is 0 Å². The molecule has 1 aromatic rings. The van der Waals surface area contributed by atoms with Crippen LogP contribution in [0.5, 0.6) is 0 Å². The Hall–Kier alpha value is -0.830. The van der Waals surface area contributed by atoms with E-state index in [0.717, 1.165) is 12.1 Å².